The lowest BCUT2D eigenvalue weighted by Gasteiger charge is -2.25. The molecule has 5 heteroatoms. The molecule has 0 amide bonds. The fourth-order valence-electron chi connectivity index (χ4n) is 1.77. The number of aliphatic hydroxyl groups is 1. The maximum Gasteiger partial charge on any atom is 0.159 e. The summed E-state index contributed by atoms with van der Waals surface area (Å²) in [5.74, 6) is 1.41. The zero-order chi connectivity index (χ0) is 12.3. The summed E-state index contributed by atoms with van der Waals surface area (Å²) < 4.78 is 25.8. The summed E-state index contributed by atoms with van der Waals surface area (Å²) in [5.41, 5.74) is 0.646. The minimum Gasteiger partial charge on any atom is -0.392 e. The molecule has 1 aliphatic heterocycles. The normalized spacial score (nSPS) is 22.4. The molecule has 0 radical (unpaired) electrons. The largest absolute Gasteiger partial charge is 0.392 e. The zero-order valence-electron chi connectivity index (χ0n) is 9.23. The molecule has 1 saturated heterocycles. The van der Waals surface area contributed by atoms with Crippen molar-refractivity contribution in [3.63, 3.8) is 0 Å². The first-order valence-electron chi connectivity index (χ1n) is 5.48. The molecule has 1 aromatic carbocycles. The highest BCUT2D eigenvalue weighted by Crippen LogP contribution is 2.27. The number of benzene rings is 1. The Morgan fingerprint density at radius 2 is 2.12 bits per heavy atom. The van der Waals surface area contributed by atoms with Gasteiger partial charge in [-0.2, -0.15) is 23.5 Å². The molecule has 1 N–H and O–H groups in total. The zero-order valence-corrected chi connectivity index (χ0v) is 10.9. The molecular weight excluding hydrogens is 262 g/mol. The summed E-state index contributed by atoms with van der Waals surface area (Å²) in [7, 11) is 0. The molecular formula is C12H14F2OS2. The first-order valence-corrected chi connectivity index (χ1v) is 7.68. The Morgan fingerprint density at radius 3 is 2.76 bits per heavy atom. The minimum atomic E-state index is -0.847. The quantitative estimate of drug-likeness (QED) is 0.916. The van der Waals surface area contributed by atoms with Gasteiger partial charge in [0, 0.05) is 22.5 Å². The first-order chi connectivity index (χ1) is 8.16. The second-order valence-corrected chi connectivity index (χ2v) is 6.50. The van der Waals surface area contributed by atoms with Gasteiger partial charge in [-0.3, -0.25) is 0 Å². The van der Waals surface area contributed by atoms with Crippen molar-refractivity contribution in [1.29, 1.82) is 0 Å². The molecule has 0 spiro atoms. The predicted molar refractivity (Wildman–Crippen MR) is 69.6 cm³/mol. The van der Waals surface area contributed by atoms with E-state index < -0.39 is 17.7 Å². The summed E-state index contributed by atoms with van der Waals surface area (Å²) >= 11 is 3.59. The van der Waals surface area contributed by atoms with Crippen LogP contribution in [0.25, 0.3) is 0 Å². The second kappa shape index (κ2) is 6.07. The van der Waals surface area contributed by atoms with Gasteiger partial charge < -0.3 is 5.11 Å². The van der Waals surface area contributed by atoms with Crippen molar-refractivity contribution >= 4 is 23.5 Å². The van der Waals surface area contributed by atoms with Gasteiger partial charge in [0.1, 0.15) is 0 Å². The topological polar surface area (TPSA) is 20.2 Å². The van der Waals surface area contributed by atoms with Crippen LogP contribution >= 0.6 is 23.5 Å². The third-order valence-corrected chi connectivity index (χ3v) is 5.61. The number of hydrogen-bond acceptors (Lipinski definition) is 3. The Bertz CT molecular complexity index is 381. The van der Waals surface area contributed by atoms with Crippen LogP contribution in [0.3, 0.4) is 0 Å². The lowest BCUT2D eigenvalue weighted by molar-refractivity contribution is 0.177. The molecule has 2 rings (SSSR count). The molecule has 0 aliphatic carbocycles. The van der Waals surface area contributed by atoms with Crippen LogP contribution in [-0.2, 0) is 6.42 Å². The lowest BCUT2D eigenvalue weighted by Crippen LogP contribution is -2.30. The molecule has 1 aliphatic rings. The number of thioether (sulfide) groups is 2. The molecule has 2 atom stereocenters. The monoisotopic (exact) mass is 276 g/mol. The van der Waals surface area contributed by atoms with E-state index in [1.54, 1.807) is 11.8 Å². The van der Waals surface area contributed by atoms with Gasteiger partial charge in [0.25, 0.3) is 0 Å². The van der Waals surface area contributed by atoms with Gasteiger partial charge >= 0.3 is 0 Å². The molecule has 94 valence electrons. The molecule has 1 aromatic rings. The summed E-state index contributed by atoms with van der Waals surface area (Å²) in [6, 6.07) is 3.81. The van der Waals surface area contributed by atoms with Gasteiger partial charge in [0.15, 0.2) is 11.6 Å². The molecule has 1 heterocycles. The Labute approximate surface area is 108 Å². The Balaban J connectivity index is 1.96. The van der Waals surface area contributed by atoms with Crippen LogP contribution in [0.1, 0.15) is 5.56 Å². The number of rotatable bonds is 3. The van der Waals surface area contributed by atoms with E-state index in [0.717, 1.165) is 23.3 Å². The molecule has 2 unspecified atom stereocenters. The third kappa shape index (κ3) is 3.60. The van der Waals surface area contributed by atoms with Crippen LogP contribution in [0.2, 0.25) is 0 Å². The number of halogens is 2. The molecule has 1 fully saturated rings. The standard InChI is InChI=1S/C12H14F2OS2/c13-9-2-1-8(5-10(9)14)6-11(15)12-7-16-3-4-17-12/h1-2,5,11-12,15H,3-4,6-7H2. The third-order valence-electron chi connectivity index (χ3n) is 2.70. The molecule has 17 heavy (non-hydrogen) atoms. The molecule has 0 aromatic heterocycles. The SMILES string of the molecule is OC(Cc1ccc(F)c(F)c1)C1CSCCS1. The van der Waals surface area contributed by atoms with Crippen molar-refractivity contribution in [1.82, 2.24) is 0 Å². The van der Waals surface area contributed by atoms with Gasteiger partial charge in [0.05, 0.1) is 6.10 Å². The highest BCUT2D eigenvalue weighted by molar-refractivity contribution is 8.06. The van der Waals surface area contributed by atoms with Gasteiger partial charge in [-0.05, 0) is 24.1 Å². The Morgan fingerprint density at radius 1 is 1.29 bits per heavy atom. The van der Waals surface area contributed by atoms with Crippen LogP contribution in [-0.4, -0.2) is 33.7 Å². The van der Waals surface area contributed by atoms with Crippen LogP contribution in [0, 0.1) is 11.6 Å². The fourth-order valence-corrected chi connectivity index (χ4v) is 4.54. The van der Waals surface area contributed by atoms with E-state index in [1.165, 1.54) is 12.1 Å². The van der Waals surface area contributed by atoms with E-state index in [0.29, 0.717) is 12.0 Å². The van der Waals surface area contributed by atoms with E-state index in [-0.39, 0.29) is 5.25 Å². The number of hydrogen-bond donors (Lipinski definition) is 1. The minimum absolute atomic E-state index is 0.196. The maximum absolute atomic E-state index is 13.0. The lowest BCUT2D eigenvalue weighted by atomic mass is 10.1. The van der Waals surface area contributed by atoms with Crippen LogP contribution in [0.4, 0.5) is 8.78 Å². The average molecular weight is 276 g/mol. The van der Waals surface area contributed by atoms with Crippen molar-refractivity contribution in [2.24, 2.45) is 0 Å². The highest BCUT2D eigenvalue weighted by atomic mass is 32.2. The van der Waals surface area contributed by atoms with Gasteiger partial charge in [-0.15, -0.1) is 0 Å². The summed E-state index contributed by atoms with van der Waals surface area (Å²) in [5, 5.41) is 10.2. The van der Waals surface area contributed by atoms with Gasteiger partial charge in [0.2, 0.25) is 0 Å². The van der Waals surface area contributed by atoms with Crippen molar-refractivity contribution in [3.8, 4) is 0 Å². The summed E-state index contributed by atoms with van der Waals surface area (Å²) in [4.78, 5) is 0. The summed E-state index contributed by atoms with van der Waals surface area (Å²) in [6.07, 6.45) is -0.104. The van der Waals surface area contributed by atoms with E-state index in [1.807, 2.05) is 11.8 Å². The van der Waals surface area contributed by atoms with Crippen LogP contribution in [0.5, 0.6) is 0 Å². The molecule has 0 bridgehead atoms. The van der Waals surface area contributed by atoms with Crippen molar-refractivity contribution in [2.75, 3.05) is 17.3 Å². The second-order valence-electron chi connectivity index (χ2n) is 4.00. The Kier molecular flexibility index (Phi) is 4.70. The number of aliphatic hydroxyl groups excluding tert-OH is 1. The van der Waals surface area contributed by atoms with Gasteiger partial charge in [-0.1, -0.05) is 6.07 Å². The highest BCUT2D eigenvalue weighted by Gasteiger charge is 2.23. The van der Waals surface area contributed by atoms with E-state index in [4.69, 9.17) is 0 Å². The Hall–Kier alpha value is -0.260. The van der Waals surface area contributed by atoms with Crippen molar-refractivity contribution in [3.05, 3.63) is 35.4 Å². The van der Waals surface area contributed by atoms with Crippen molar-refractivity contribution in [2.45, 2.75) is 17.8 Å². The van der Waals surface area contributed by atoms with Crippen molar-refractivity contribution < 1.29 is 13.9 Å². The van der Waals surface area contributed by atoms with Crippen LogP contribution < -0.4 is 0 Å². The van der Waals surface area contributed by atoms with Crippen LogP contribution in [0.15, 0.2) is 18.2 Å². The smallest absolute Gasteiger partial charge is 0.159 e. The predicted octanol–water partition coefficient (Wildman–Crippen LogP) is 2.72. The van der Waals surface area contributed by atoms with E-state index >= 15 is 0 Å². The molecule has 0 saturated carbocycles. The fraction of sp³-hybridized carbons (Fsp3) is 0.500. The molecule has 1 nitrogen and oxygen atoms in total. The average Bonchev–Trinajstić information content (AvgIpc) is 2.35. The summed E-state index contributed by atoms with van der Waals surface area (Å²) in [6.45, 7) is 0. The first kappa shape index (κ1) is 13.2. The van der Waals surface area contributed by atoms with E-state index in [2.05, 4.69) is 0 Å². The van der Waals surface area contributed by atoms with E-state index in [9.17, 15) is 13.9 Å². The van der Waals surface area contributed by atoms with Gasteiger partial charge in [-0.25, -0.2) is 8.78 Å². The maximum atomic E-state index is 13.0.